The van der Waals surface area contributed by atoms with Crippen LogP contribution < -0.4 is 5.32 Å². The zero-order chi connectivity index (χ0) is 10.2. The number of rotatable bonds is 2. The van der Waals surface area contributed by atoms with Crippen LogP contribution in [0.5, 0.6) is 0 Å². The zero-order valence-corrected chi connectivity index (χ0v) is 9.03. The Morgan fingerprint density at radius 1 is 1.29 bits per heavy atom. The van der Waals surface area contributed by atoms with E-state index >= 15 is 0 Å². The van der Waals surface area contributed by atoms with Gasteiger partial charge in [-0.3, -0.25) is 9.88 Å². The second-order valence-electron chi connectivity index (χ2n) is 3.49. The van der Waals surface area contributed by atoms with Gasteiger partial charge in [0.25, 0.3) is 0 Å². The fraction of sp³-hybridized carbons (Fsp3) is 0.545. The Morgan fingerprint density at radius 3 is 2.29 bits per heavy atom. The molecule has 78 valence electrons. The highest BCUT2D eigenvalue weighted by Gasteiger charge is 2.12. The van der Waals surface area contributed by atoms with Crippen LogP contribution in [0.25, 0.3) is 0 Å². The van der Waals surface area contributed by atoms with Gasteiger partial charge in [-0.05, 0) is 51.3 Å². The predicted molar refractivity (Wildman–Crippen MR) is 59.1 cm³/mol. The molecular formula is C11H19N3. The molecule has 2 rings (SSSR count). The Labute approximate surface area is 86.2 Å². The van der Waals surface area contributed by atoms with Crippen LogP contribution in [0.3, 0.4) is 0 Å². The lowest BCUT2D eigenvalue weighted by atomic mass is 10.2. The van der Waals surface area contributed by atoms with E-state index in [0.29, 0.717) is 0 Å². The van der Waals surface area contributed by atoms with Crippen LogP contribution in [0.4, 0.5) is 0 Å². The molecule has 14 heavy (non-hydrogen) atoms. The molecule has 0 atom stereocenters. The molecule has 1 aromatic heterocycles. The minimum absolute atomic E-state index is 1.10. The molecule has 1 fully saturated rings. The number of hydrogen-bond donors (Lipinski definition) is 1. The molecule has 1 aliphatic rings. The van der Waals surface area contributed by atoms with E-state index in [1.165, 1.54) is 25.1 Å². The highest BCUT2D eigenvalue weighted by molar-refractivity contribution is 5.09. The van der Waals surface area contributed by atoms with E-state index in [4.69, 9.17) is 0 Å². The van der Waals surface area contributed by atoms with Gasteiger partial charge in [-0.15, -0.1) is 0 Å². The summed E-state index contributed by atoms with van der Waals surface area (Å²) in [6.45, 7) is 3.63. The zero-order valence-electron chi connectivity index (χ0n) is 9.03. The van der Waals surface area contributed by atoms with E-state index in [9.17, 15) is 0 Å². The summed E-state index contributed by atoms with van der Waals surface area (Å²) in [5, 5.41) is 2.75. The topological polar surface area (TPSA) is 28.2 Å². The van der Waals surface area contributed by atoms with Crippen LogP contribution in [0, 0.1) is 0 Å². The molecule has 0 radical (unpaired) electrons. The van der Waals surface area contributed by atoms with Gasteiger partial charge >= 0.3 is 0 Å². The molecule has 3 heteroatoms. The van der Waals surface area contributed by atoms with Crippen LogP contribution in [0.1, 0.15) is 12.0 Å². The summed E-state index contributed by atoms with van der Waals surface area (Å²) in [6, 6.07) is 4.16. The van der Waals surface area contributed by atoms with Crippen LogP contribution in [0.15, 0.2) is 24.5 Å². The SMILES string of the molecule is CNC.c1cc(CN2CCC2)ccn1. The monoisotopic (exact) mass is 193 g/mol. The van der Waals surface area contributed by atoms with Gasteiger partial charge in [-0.1, -0.05) is 0 Å². The fourth-order valence-electron chi connectivity index (χ4n) is 1.29. The summed E-state index contributed by atoms with van der Waals surface area (Å²) in [6.07, 6.45) is 5.08. The van der Waals surface area contributed by atoms with Crippen molar-refractivity contribution >= 4 is 0 Å². The van der Waals surface area contributed by atoms with Gasteiger partial charge in [0.1, 0.15) is 0 Å². The summed E-state index contributed by atoms with van der Waals surface area (Å²) in [5.41, 5.74) is 1.37. The molecular weight excluding hydrogens is 174 g/mol. The first-order valence-electron chi connectivity index (χ1n) is 5.06. The second-order valence-corrected chi connectivity index (χ2v) is 3.49. The summed E-state index contributed by atoms with van der Waals surface area (Å²) in [7, 11) is 3.75. The smallest absolute Gasteiger partial charge is 0.0271 e. The van der Waals surface area contributed by atoms with Crippen molar-refractivity contribution in [3.63, 3.8) is 0 Å². The van der Waals surface area contributed by atoms with Gasteiger partial charge < -0.3 is 5.32 Å². The standard InChI is InChI=1S/C9H12N2.C2H7N/c1-6-11(7-1)8-9-2-4-10-5-3-9;1-3-2/h2-5H,1,6-8H2;3H,1-2H3. The lowest BCUT2D eigenvalue weighted by Gasteiger charge is -2.30. The molecule has 1 N–H and O–H groups in total. The molecule has 2 heterocycles. The molecule has 1 aromatic rings. The highest BCUT2D eigenvalue weighted by atomic mass is 15.2. The fourth-order valence-corrected chi connectivity index (χ4v) is 1.29. The Kier molecular flexibility index (Phi) is 5.19. The van der Waals surface area contributed by atoms with Crippen molar-refractivity contribution in [1.82, 2.24) is 15.2 Å². The second kappa shape index (κ2) is 6.51. The number of pyridine rings is 1. The number of nitrogens with one attached hydrogen (secondary N) is 1. The molecule has 1 saturated heterocycles. The van der Waals surface area contributed by atoms with E-state index < -0.39 is 0 Å². The number of hydrogen-bond acceptors (Lipinski definition) is 3. The Bertz CT molecular complexity index is 232. The van der Waals surface area contributed by atoms with Crippen molar-refractivity contribution in [2.45, 2.75) is 13.0 Å². The third-order valence-electron chi connectivity index (χ3n) is 2.10. The average molecular weight is 193 g/mol. The van der Waals surface area contributed by atoms with E-state index in [-0.39, 0.29) is 0 Å². The van der Waals surface area contributed by atoms with E-state index in [1.54, 1.807) is 0 Å². The van der Waals surface area contributed by atoms with Crippen molar-refractivity contribution in [1.29, 1.82) is 0 Å². The maximum atomic E-state index is 3.98. The van der Waals surface area contributed by atoms with Crippen molar-refractivity contribution in [3.8, 4) is 0 Å². The largest absolute Gasteiger partial charge is 0.323 e. The average Bonchev–Trinajstić information content (AvgIpc) is 2.15. The molecule has 0 bridgehead atoms. The quantitative estimate of drug-likeness (QED) is 0.763. The first kappa shape index (κ1) is 11.1. The summed E-state index contributed by atoms with van der Waals surface area (Å²) < 4.78 is 0. The van der Waals surface area contributed by atoms with Gasteiger partial charge in [0, 0.05) is 18.9 Å². The van der Waals surface area contributed by atoms with Crippen molar-refractivity contribution in [2.75, 3.05) is 27.2 Å². The van der Waals surface area contributed by atoms with Gasteiger partial charge in [0.05, 0.1) is 0 Å². The van der Waals surface area contributed by atoms with E-state index in [1.807, 2.05) is 26.5 Å². The normalized spacial score (nSPS) is 15.3. The van der Waals surface area contributed by atoms with Crippen molar-refractivity contribution in [3.05, 3.63) is 30.1 Å². The number of aromatic nitrogens is 1. The van der Waals surface area contributed by atoms with Crippen LogP contribution >= 0.6 is 0 Å². The lowest BCUT2D eigenvalue weighted by molar-refractivity contribution is 0.172. The molecule has 0 unspecified atom stereocenters. The molecule has 0 aromatic carbocycles. The first-order valence-corrected chi connectivity index (χ1v) is 5.06. The molecule has 0 amide bonds. The summed E-state index contributed by atoms with van der Waals surface area (Å²) >= 11 is 0. The Hall–Kier alpha value is -0.930. The molecule has 1 aliphatic heterocycles. The Morgan fingerprint density at radius 2 is 1.86 bits per heavy atom. The predicted octanol–water partition coefficient (Wildman–Crippen LogP) is 1.12. The van der Waals surface area contributed by atoms with E-state index in [0.717, 1.165) is 6.54 Å². The van der Waals surface area contributed by atoms with Gasteiger partial charge in [0.15, 0.2) is 0 Å². The third-order valence-corrected chi connectivity index (χ3v) is 2.10. The summed E-state index contributed by atoms with van der Waals surface area (Å²) in [4.78, 5) is 6.42. The molecule has 0 spiro atoms. The Balaban J connectivity index is 0.000000293. The van der Waals surface area contributed by atoms with Gasteiger partial charge in [-0.2, -0.15) is 0 Å². The van der Waals surface area contributed by atoms with E-state index in [2.05, 4.69) is 27.3 Å². The van der Waals surface area contributed by atoms with Crippen molar-refractivity contribution in [2.24, 2.45) is 0 Å². The van der Waals surface area contributed by atoms with Crippen molar-refractivity contribution < 1.29 is 0 Å². The van der Waals surface area contributed by atoms with Crippen LogP contribution in [-0.2, 0) is 6.54 Å². The maximum absolute atomic E-state index is 3.98. The maximum Gasteiger partial charge on any atom is 0.0271 e. The van der Waals surface area contributed by atoms with Crippen LogP contribution in [0.2, 0.25) is 0 Å². The lowest BCUT2D eigenvalue weighted by Crippen LogP contribution is -2.36. The minimum atomic E-state index is 1.10. The minimum Gasteiger partial charge on any atom is -0.323 e. The third kappa shape index (κ3) is 3.85. The van der Waals surface area contributed by atoms with Crippen LogP contribution in [-0.4, -0.2) is 37.1 Å². The van der Waals surface area contributed by atoms with Gasteiger partial charge in [-0.25, -0.2) is 0 Å². The summed E-state index contributed by atoms with van der Waals surface area (Å²) in [5.74, 6) is 0. The molecule has 0 aliphatic carbocycles. The number of nitrogens with zero attached hydrogens (tertiary/aromatic N) is 2. The van der Waals surface area contributed by atoms with Gasteiger partial charge in [0.2, 0.25) is 0 Å². The number of likely N-dealkylation sites (tertiary alicyclic amines) is 1. The molecule has 3 nitrogen and oxygen atoms in total. The molecule has 0 saturated carbocycles. The first-order chi connectivity index (χ1) is 6.86. The highest BCUT2D eigenvalue weighted by Crippen LogP contribution is 2.10.